The third-order valence-corrected chi connectivity index (χ3v) is 2.78. The Balaban J connectivity index is 2.42. The highest BCUT2D eigenvalue weighted by Gasteiger charge is 2.19. The molecule has 2 aromatic rings. The van der Waals surface area contributed by atoms with Gasteiger partial charge in [-0.15, -0.1) is 0 Å². The maximum atomic E-state index is 13.8. The van der Waals surface area contributed by atoms with Crippen LogP contribution in [0, 0.1) is 22.9 Å². The smallest absolute Gasteiger partial charge is 0.335 e. The molecule has 0 aliphatic rings. The number of anilines is 2. The molecule has 0 spiro atoms. The molecule has 0 atom stereocenters. The molecule has 8 heteroatoms. The van der Waals surface area contributed by atoms with Gasteiger partial charge in [0.1, 0.15) is 5.82 Å². The van der Waals surface area contributed by atoms with Crippen LogP contribution in [0.5, 0.6) is 0 Å². The van der Waals surface area contributed by atoms with Gasteiger partial charge in [0.25, 0.3) is 0 Å². The summed E-state index contributed by atoms with van der Waals surface area (Å²) in [6, 6.07) is 4.67. The predicted octanol–water partition coefficient (Wildman–Crippen LogP) is 2.88. The van der Waals surface area contributed by atoms with Crippen molar-refractivity contribution in [3.8, 4) is 0 Å². The molecule has 2 rings (SSSR count). The van der Waals surface area contributed by atoms with Crippen molar-refractivity contribution in [2.24, 2.45) is 0 Å². The molecule has 0 aliphatic carbocycles. The summed E-state index contributed by atoms with van der Waals surface area (Å²) in [5, 5.41) is 22.3. The maximum Gasteiger partial charge on any atom is 0.335 e. The van der Waals surface area contributed by atoms with Crippen LogP contribution in [0.2, 0.25) is 0 Å². The zero-order valence-corrected chi connectivity index (χ0v) is 10.8. The van der Waals surface area contributed by atoms with Crippen LogP contribution in [0.15, 0.2) is 30.5 Å². The molecule has 0 saturated carbocycles. The summed E-state index contributed by atoms with van der Waals surface area (Å²) in [6.07, 6.45) is 1.36. The summed E-state index contributed by atoms with van der Waals surface area (Å²) in [7, 11) is 0. The number of carboxylic acids is 1. The first kappa shape index (κ1) is 14.4. The van der Waals surface area contributed by atoms with Gasteiger partial charge in [-0.25, -0.2) is 14.2 Å². The van der Waals surface area contributed by atoms with Crippen LogP contribution in [0.4, 0.5) is 21.6 Å². The van der Waals surface area contributed by atoms with Gasteiger partial charge in [0, 0.05) is 11.8 Å². The number of carbonyl (C=O) groups is 1. The van der Waals surface area contributed by atoms with Gasteiger partial charge in [0.2, 0.25) is 5.82 Å². The molecular formula is C13H10FN3O4. The number of hydrogen-bond acceptors (Lipinski definition) is 5. The fraction of sp³-hybridized carbons (Fsp3) is 0.0769. The zero-order chi connectivity index (χ0) is 15.6. The first-order chi connectivity index (χ1) is 9.90. The standard InChI is InChI=1S/C13H10FN3O4/c1-7-4-5-15-12(11(7)17(20)21)16-10-3-2-8(13(18)19)6-9(10)14/h2-6H,1H3,(H,15,16)(H,18,19). The van der Waals surface area contributed by atoms with E-state index in [-0.39, 0.29) is 22.8 Å². The Bertz CT molecular complexity index is 733. The van der Waals surface area contributed by atoms with Crippen LogP contribution in [0.3, 0.4) is 0 Å². The molecular weight excluding hydrogens is 281 g/mol. The molecule has 0 aliphatic heterocycles. The lowest BCUT2D eigenvalue weighted by molar-refractivity contribution is -0.384. The second-order valence-corrected chi connectivity index (χ2v) is 4.21. The van der Waals surface area contributed by atoms with Crippen LogP contribution in [0.1, 0.15) is 15.9 Å². The van der Waals surface area contributed by atoms with Gasteiger partial charge in [0.15, 0.2) is 0 Å². The summed E-state index contributed by atoms with van der Waals surface area (Å²) in [4.78, 5) is 24.9. The quantitative estimate of drug-likeness (QED) is 0.662. The fourth-order valence-corrected chi connectivity index (χ4v) is 1.75. The Morgan fingerprint density at radius 3 is 2.71 bits per heavy atom. The van der Waals surface area contributed by atoms with E-state index in [4.69, 9.17) is 5.11 Å². The minimum absolute atomic E-state index is 0.0961. The SMILES string of the molecule is Cc1ccnc(Nc2ccc(C(=O)O)cc2F)c1[N+](=O)[O-]. The molecule has 108 valence electrons. The highest BCUT2D eigenvalue weighted by molar-refractivity contribution is 5.88. The number of aryl methyl sites for hydroxylation is 1. The van der Waals surface area contributed by atoms with Gasteiger partial charge in [-0.05, 0) is 31.2 Å². The van der Waals surface area contributed by atoms with E-state index >= 15 is 0 Å². The number of aromatic nitrogens is 1. The van der Waals surface area contributed by atoms with Gasteiger partial charge in [-0.3, -0.25) is 10.1 Å². The highest BCUT2D eigenvalue weighted by Crippen LogP contribution is 2.29. The number of halogens is 1. The van der Waals surface area contributed by atoms with E-state index in [1.54, 1.807) is 0 Å². The zero-order valence-electron chi connectivity index (χ0n) is 10.8. The average molecular weight is 291 g/mol. The average Bonchev–Trinajstić information content (AvgIpc) is 2.40. The van der Waals surface area contributed by atoms with E-state index in [9.17, 15) is 19.3 Å². The minimum atomic E-state index is -1.26. The first-order valence-electron chi connectivity index (χ1n) is 5.80. The molecule has 0 radical (unpaired) electrons. The summed E-state index contributed by atoms with van der Waals surface area (Å²) in [6.45, 7) is 1.54. The summed E-state index contributed by atoms with van der Waals surface area (Å²) in [5.41, 5.74) is -0.203. The molecule has 0 bridgehead atoms. The van der Waals surface area contributed by atoms with Gasteiger partial charge in [-0.1, -0.05) is 0 Å². The molecule has 0 fully saturated rings. The van der Waals surface area contributed by atoms with Crippen LogP contribution < -0.4 is 5.32 Å². The van der Waals surface area contributed by atoms with E-state index in [1.165, 1.54) is 31.3 Å². The highest BCUT2D eigenvalue weighted by atomic mass is 19.1. The van der Waals surface area contributed by atoms with E-state index in [1.807, 2.05) is 0 Å². The molecule has 0 unspecified atom stereocenters. The monoisotopic (exact) mass is 291 g/mol. The molecule has 1 aromatic heterocycles. The lowest BCUT2D eigenvalue weighted by atomic mass is 10.2. The normalized spacial score (nSPS) is 10.2. The topological polar surface area (TPSA) is 105 Å². The summed E-state index contributed by atoms with van der Waals surface area (Å²) in [5.74, 6) is -2.21. The van der Waals surface area contributed by atoms with E-state index in [2.05, 4.69) is 10.3 Å². The van der Waals surface area contributed by atoms with Crippen LogP contribution in [-0.4, -0.2) is 21.0 Å². The molecule has 7 nitrogen and oxygen atoms in total. The van der Waals surface area contributed by atoms with E-state index in [0.717, 1.165) is 6.07 Å². The first-order valence-corrected chi connectivity index (χ1v) is 5.80. The predicted molar refractivity (Wildman–Crippen MR) is 72.3 cm³/mol. The van der Waals surface area contributed by atoms with E-state index < -0.39 is 16.7 Å². The van der Waals surface area contributed by atoms with Gasteiger partial charge < -0.3 is 10.4 Å². The number of nitrogens with zero attached hydrogens (tertiary/aromatic N) is 2. The van der Waals surface area contributed by atoms with Crippen molar-refractivity contribution in [1.82, 2.24) is 4.98 Å². The lowest BCUT2D eigenvalue weighted by Gasteiger charge is -2.08. The largest absolute Gasteiger partial charge is 0.478 e. The van der Waals surface area contributed by atoms with Crippen LogP contribution >= 0.6 is 0 Å². The number of rotatable bonds is 4. The Morgan fingerprint density at radius 1 is 1.43 bits per heavy atom. The van der Waals surface area contributed by atoms with Gasteiger partial charge in [-0.2, -0.15) is 0 Å². The summed E-state index contributed by atoms with van der Waals surface area (Å²) >= 11 is 0. The second kappa shape index (κ2) is 5.53. The number of pyridine rings is 1. The van der Waals surface area contributed by atoms with E-state index in [0.29, 0.717) is 5.56 Å². The Morgan fingerprint density at radius 2 is 2.14 bits per heavy atom. The molecule has 1 aromatic carbocycles. The van der Waals surface area contributed by atoms with Crippen LogP contribution in [0.25, 0.3) is 0 Å². The summed E-state index contributed by atoms with van der Waals surface area (Å²) < 4.78 is 13.8. The van der Waals surface area contributed by atoms with Crippen molar-refractivity contribution in [3.05, 3.63) is 57.5 Å². The Labute approximate surface area is 118 Å². The number of hydrogen-bond donors (Lipinski definition) is 2. The van der Waals surface area contributed by atoms with Crippen molar-refractivity contribution in [3.63, 3.8) is 0 Å². The molecule has 0 saturated heterocycles. The van der Waals surface area contributed by atoms with Gasteiger partial charge >= 0.3 is 11.7 Å². The molecule has 1 heterocycles. The number of aromatic carboxylic acids is 1. The van der Waals surface area contributed by atoms with Gasteiger partial charge in [0.05, 0.1) is 16.2 Å². The number of nitrogens with one attached hydrogen (secondary N) is 1. The van der Waals surface area contributed by atoms with Crippen LogP contribution in [-0.2, 0) is 0 Å². The maximum absolute atomic E-state index is 13.8. The third kappa shape index (κ3) is 2.94. The Hall–Kier alpha value is -3.03. The van der Waals surface area contributed by atoms with Crippen molar-refractivity contribution in [2.45, 2.75) is 6.92 Å². The van der Waals surface area contributed by atoms with Crippen molar-refractivity contribution in [1.29, 1.82) is 0 Å². The number of nitro groups is 1. The third-order valence-electron chi connectivity index (χ3n) is 2.78. The fourth-order valence-electron chi connectivity index (χ4n) is 1.75. The minimum Gasteiger partial charge on any atom is -0.478 e. The molecule has 2 N–H and O–H groups in total. The van der Waals surface area contributed by atoms with Crippen molar-refractivity contribution >= 4 is 23.2 Å². The number of carboxylic acid groups (broad SMARTS) is 1. The second-order valence-electron chi connectivity index (χ2n) is 4.21. The Kier molecular flexibility index (Phi) is 3.79. The van der Waals surface area contributed by atoms with Crippen molar-refractivity contribution in [2.75, 3.05) is 5.32 Å². The molecule has 0 amide bonds. The lowest BCUT2D eigenvalue weighted by Crippen LogP contribution is -2.04. The van der Waals surface area contributed by atoms with Crippen molar-refractivity contribution < 1.29 is 19.2 Å². The number of benzene rings is 1. The molecule has 21 heavy (non-hydrogen) atoms.